The van der Waals surface area contributed by atoms with Crippen LogP contribution in [0.3, 0.4) is 0 Å². The SMILES string of the molecule is COc1cccc(NC(=S)N[C@H](CC(C)C)c2ccccc2)c1. The minimum atomic E-state index is 0.196. The van der Waals surface area contributed by atoms with Gasteiger partial charge in [-0.2, -0.15) is 0 Å². The van der Waals surface area contributed by atoms with Crippen molar-refractivity contribution in [3.63, 3.8) is 0 Å². The van der Waals surface area contributed by atoms with E-state index in [1.54, 1.807) is 7.11 Å². The Morgan fingerprint density at radius 1 is 1.09 bits per heavy atom. The minimum Gasteiger partial charge on any atom is -0.497 e. The normalized spacial score (nSPS) is 11.8. The van der Waals surface area contributed by atoms with E-state index in [0.717, 1.165) is 17.9 Å². The minimum absolute atomic E-state index is 0.196. The van der Waals surface area contributed by atoms with Gasteiger partial charge in [0.2, 0.25) is 0 Å². The second-order valence-electron chi connectivity index (χ2n) is 5.92. The van der Waals surface area contributed by atoms with Gasteiger partial charge in [-0.25, -0.2) is 0 Å². The van der Waals surface area contributed by atoms with Crippen LogP contribution in [-0.4, -0.2) is 12.2 Å². The van der Waals surface area contributed by atoms with E-state index in [2.05, 4.69) is 48.7 Å². The van der Waals surface area contributed by atoms with Crippen LogP contribution in [0.25, 0.3) is 0 Å². The fourth-order valence-corrected chi connectivity index (χ4v) is 2.72. The molecule has 0 heterocycles. The highest BCUT2D eigenvalue weighted by atomic mass is 32.1. The van der Waals surface area contributed by atoms with E-state index < -0.39 is 0 Å². The molecule has 2 aromatic rings. The van der Waals surface area contributed by atoms with Crippen molar-refractivity contribution in [2.24, 2.45) is 5.92 Å². The number of hydrogen-bond donors (Lipinski definition) is 2. The van der Waals surface area contributed by atoms with Crippen LogP contribution in [0, 0.1) is 5.92 Å². The van der Waals surface area contributed by atoms with Crippen LogP contribution in [0.1, 0.15) is 31.9 Å². The molecule has 0 aliphatic heterocycles. The predicted octanol–water partition coefficient (Wildman–Crippen LogP) is 4.77. The molecule has 0 aromatic heterocycles. The highest BCUT2D eigenvalue weighted by Crippen LogP contribution is 2.22. The topological polar surface area (TPSA) is 33.3 Å². The molecule has 4 heteroatoms. The Hall–Kier alpha value is -2.07. The Balaban J connectivity index is 2.05. The fourth-order valence-electron chi connectivity index (χ4n) is 2.46. The molecule has 0 amide bonds. The van der Waals surface area contributed by atoms with E-state index in [1.165, 1.54) is 5.56 Å². The number of benzene rings is 2. The molecular formula is C19H24N2OS. The Morgan fingerprint density at radius 2 is 1.83 bits per heavy atom. The molecule has 0 radical (unpaired) electrons. The lowest BCUT2D eigenvalue weighted by Crippen LogP contribution is -2.33. The van der Waals surface area contributed by atoms with Gasteiger partial charge in [-0.05, 0) is 42.3 Å². The van der Waals surface area contributed by atoms with Crippen LogP contribution in [0.2, 0.25) is 0 Å². The maximum absolute atomic E-state index is 5.48. The Morgan fingerprint density at radius 3 is 2.48 bits per heavy atom. The Bertz CT molecular complexity index is 628. The van der Waals surface area contributed by atoms with Crippen LogP contribution >= 0.6 is 12.2 Å². The summed E-state index contributed by atoms with van der Waals surface area (Å²) in [5, 5.41) is 7.28. The van der Waals surface area contributed by atoms with Crippen molar-refractivity contribution in [1.29, 1.82) is 0 Å². The first-order chi connectivity index (χ1) is 11.1. The second kappa shape index (κ2) is 8.53. The molecule has 0 unspecified atom stereocenters. The molecule has 0 saturated heterocycles. The Labute approximate surface area is 144 Å². The number of methoxy groups -OCH3 is 1. The molecule has 0 aliphatic carbocycles. The first kappa shape index (κ1) is 17.3. The highest BCUT2D eigenvalue weighted by Gasteiger charge is 2.14. The van der Waals surface area contributed by atoms with Gasteiger partial charge in [-0.3, -0.25) is 0 Å². The number of nitrogens with one attached hydrogen (secondary N) is 2. The standard InChI is InChI=1S/C19H24N2OS/c1-14(2)12-18(15-8-5-4-6-9-15)21-19(23)20-16-10-7-11-17(13-16)22-3/h4-11,13-14,18H,12H2,1-3H3,(H2,20,21,23)/t18-/m1/s1. The summed E-state index contributed by atoms with van der Waals surface area (Å²) in [6, 6.07) is 18.3. The van der Waals surface area contributed by atoms with Crippen LogP contribution in [0.4, 0.5) is 5.69 Å². The first-order valence-corrected chi connectivity index (χ1v) is 8.26. The number of hydrogen-bond acceptors (Lipinski definition) is 2. The molecule has 0 saturated carbocycles. The third-order valence-corrected chi connectivity index (χ3v) is 3.76. The monoisotopic (exact) mass is 328 g/mol. The molecule has 0 spiro atoms. The fraction of sp³-hybridized carbons (Fsp3) is 0.316. The molecule has 0 aliphatic rings. The summed E-state index contributed by atoms with van der Waals surface area (Å²) in [7, 11) is 1.66. The zero-order valence-electron chi connectivity index (χ0n) is 13.9. The molecule has 2 rings (SSSR count). The van der Waals surface area contributed by atoms with Gasteiger partial charge >= 0.3 is 0 Å². The predicted molar refractivity (Wildman–Crippen MR) is 101 cm³/mol. The lowest BCUT2D eigenvalue weighted by atomic mass is 9.97. The lowest BCUT2D eigenvalue weighted by Gasteiger charge is -2.23. The summed E-state index contributed by atoms with van der Waals surface area (Å²) in [5.41, 5.74) is 2.16. The second-order valence-corrected chi connectivity index (χ2v) is 6.33. The van der Waals surface area contributed by atoms with Gasteiger partial charge < -0.3 is 15.4 Å². The summed E-state index contributed by atoms with van der Waals surface area (Å²) in [4.78, 5) is 0. The summed E-state index contributed by atoms with van der Waals surface area (Å²) in [5.74, 6) is 1.38. The van der Waals surface area contributed by atoms with E-state index in [9.17, 15) is 0 Å². The van der Waals surface area contributed by atoms with Crippen molar-refractivity contribution in [3.05, 3.63) is 60.2 Å². The highest BCUT2D eigenvalue weighted by molar-refractivity contribution is 7.80. The smallest absolute Gasteiger partial charge is 0.171 e. The van der Waals surface area contributed by atoms with Crippen LogP contribution in [-0.2, 0) is 0 Å². The molecule has 0 fully saturated rings. The van der Waals surface area contributed by atoms with Crippen LogP contribution < -0.4 is 15.4 Å². The van der Waals surface area contributed by atoms with Crippen LogP contribution in [0.15, 0.2) is 54.6 Å². The van der Waals surface area contributed by atoms with Gasteiger partial charge in [0.1, 0.15) is 5.75 Å². The zero-order chi connectivity index (χ0) is 16.7. The number of ether oxygens (including phenoxy) is 1. The van der Waals surface area contributed by atoms with E-state index in [4.69, 9.17) is 17.0 Å². The van der Waals surface area contributed by atoms with Gasteiger partial charge in [0.25, 0.3) is 0 Å². The van der Waals surface area contributed by atoms with Crippen molar-refractivity contribution in [1.82, 2.24) is 5.32 Å². The lowest BCUT2D eigenvalue weighted by molar-refractivity contribution is 0.415. The maximum Gasteiger partial charge on any atom is 0.171 e. The summed E-state index contributed by atoms with van der Waals surface area (Å²) in [6.07, 6.45) is 1.02. The molecule has 1 atom stereocenters. The van der Waals surface area contributed by atoms with Crippen molar-refractivity contribution in [2.75, 3.05) is 12.4 Å². The molecule has 122 valence electrons. The summed E-state index contributed by atoms with van der Waals surface area (Å²) >= 11 is 5.48. The number of rotatable bonds is 6. The molecule has 23 heavy (non-hydrogen) atoms. The Kier molecular flexibility index (Phi) is 6.41. The largest absolute Gasteiger partial charge is 0.497 e. The van der Waals surface area contributed by atoms with E-state index in [0.29, 0.717) is 11.0 Å². The van der Waals surface area contributed by atoms with Crippen LogP contribution in [0.5, 0.6) is 5.75 Å². The summed E-state index contributed by atoms with van der Waals surface area (Å²) < 4.78 is 5.24. The molecule has 0 bridgehead atoms. The molecular weight excluding hydrogens is 304 g/mol. The molecule has 2 aromatic carbocycles. The van der Waals surface area contributed by atoms with Crippen molar-refractivity contribution >= 4 is 23.0 Å². The van der Waals surface area contributed by atoms with Crippen molar-refractivity contribution in [3.8, 4) is 5.75 Å². The average molecular weight is 328 g/mol. The zero-order valence-corrected chi connectivity index (χ0v) is 14.7. The van der Waals surface area contributed by atoms with E-state index in [-0.39, 0.29) is 6.04 Å². The van der Waals surface area contributed by atoms with Crippen molar-refractivity contribution < 1.29 is 4.74 Å². The maximum atomic E-state index is 5.48. The van der Waals surface area contributed by atoms with Gasteiger partial charge in [0.15, 0.2) is 5.11 Å². The van der Waals surface area contributed by atoms with Crippen molar-refractivity contribution in [2.45, 2.75) is 26.3 Å². The average Bonchev–Trinajstić information content (AvgIpc) is 2.54. The molecule has 3 nitrogen and oxygen atoms in total. The number of anilines is 1. The third kappa shape index (κ3) is 5.57. The quantitative estimate of drug-likeness (QED) is 0.749. The van der Waals surface area contributed by atoms with Gasteiger partial charge in [0.05, 0.1) is 13.2 Å². The third-order valence-electron chi connectivity index (χ3n) is 3.54. The molecule has 2 N–H and O–H groups in total. The van der Waals surface area contributed by atoms with Gasteiger partial charge in [0, 0.05) is 11.8 Å². The van der Waals surface area contributed by atoms with E-state index >= 15 is 0 Å². The van der Waals surface area contributed by atoms with E-state index in [1.807, 2.05) is 30.3 Å². The van der Waals surface area contributed by atoms with Gasteiger partial charge in [-0.1, -0.05) is 50.2 Å². The van der Waals surface area contributed by atoms with Gasteiger partial charge in [-0.15, -0.1) is 0 Å². The first-order valence-electron chi connectivity index (χ1n) is 7.85. The summed E-state index contributed by atoms with van der Waals surface area (Å²) in [6.45, 7) is 4.44. The number of thiocarbonyl (C=S) groups is 1.